The SMILES string of the molecule is O=C(O)c1ccc2c(C3CCCCC3)c3n(c2c1)C[C@@H]1CCN(CCCN2CCCCC2)[C@@H]1c1ccccc1-3. The molecule has 0 spiro atoms. The van der Waals surface area contributed by atoms with E-state index in [1.807, 2.05) is 12.1 Å². The van der Waals surface area contributed by atoms with Crippen molar-refractivity contribution in [2.75, 3.05) is 32.7 Å². The Bertz CT molecular complexity index is 1350. The van der Waals surface area contributed by atoms with Crippen LogP contribution in [0.25, 0.3) is 22.2 Å². The topological polar surface area (TPSA) is 48.7 Å². The van der Waals surface area contributed by atoms with E-state index in [1.165, 1.54) is 118 Å². The van der Waals surface area contributed by atoms with Crippen molar-refractivity contribution in [1.82, 2.24) is 14.4 Å². The molecule has 7 rings (SSSR count). The second kappa shape index (κ2) is 10.7. The first-order chi connectivity index (χ1) is 19.2. The Hall–Kier alpha value is -2.63. The van der Waals surface area contributed by atoms with Gasteiger partial charge in [0, 0.05) is 29.1 Å². The van der Waals surface area contributed by atoms with E-state index in [9.17, 15) is 9.90 Å². The molecular formula is C34H43N3O2. The van der Waals surface area contributed by atoms with Crippen LogP contribution in [0.4, 0.5) is 0 Å². The summed E-state index contributed by atoms with van der Waals surface area (Å²) in [6.07, 6.45) is 13.0. The largest absolute Gasteiger partial charge is 0.478 e. The molecule has 3 aromatic rings. The van der Waals surface area contributed by atoms with E-state index in [4.69, 9.17) is 0 Å². The molecule has 1 aromatic heterocycles. The Labute approximate surface area is 232 Å². The molecule has 2 aromatic carbocycles. The minimum absolute atomic E-state index is 0.401. The number of likely N-dealkylation sites (tertiary alicyclic amines) is 2. The number of benzene rings is 2. The number of aromatic carboxylic acids is 1. The molecule has 1 N–H and O–H groups in total. The number of hydrogen-bond acceptors (Lipinski definition) is 3. The van der Waals surface area contributed by atoms with Crippen LogP contribution in [0.3, 0.4) is 0 Å². The van der Waals surface area contributed by atoms with Crippen molar-refractivity contribution in [1.29, 1.82) is 0 Å². The lowest BCUT2D eigenvalue weighted by atomic mass is 9.81. The van der Waals surface area contributed by atoms with Gasteiger partial charge in [-0.05, 0) is 106 Å². The molecule has 5 heteroatoms. The fourth-order valence-electron chi connectivity index (χ4n) is 8.50. The second-order valence-corrected chi connectivity index (χ2v) is 12.6. The summed E-state index contributed by atoms with van der Waals surface area (Å²) in [5.74, 6) is 0.268. The number of carboxylic acids is 1. The maximum atomic E-state index is 12.0. The molecule has 4 aliphatic rings. The summed E-state index contributed by atoms with van der Waals surface area (Å²) in [5, 5.41) is 11.1. The third-order valence-electron chi connectivity index (χ3n) is 10.3. The number of rotatable bonds is 6. The number of carbonyl (C=O) groups is 1. The predicted molar refractivity (Wildman–Crippen MR) is 157 cm³/mol. The number of piperidine rings is 1. The lowest BCUT2D eigenvalue weighted by molar-refractivity contribution is 0.0697. The molecule has 2 atom stereocenters. The molecule has 0 bridgehead atoms. The molecule has 0 amide bonds. The summed E-state index contributed by atoms with van der Waals surface area (Å²) in [6.45, 7) is 7.08. The maximum absolute atomic E-state index is 12.0. The Morgan fingerprint density at radius 2 is 1.67 bits per heavy atom. The van der Waals surface area contributed by atoms with E-state index in [0.29, 0.717) is 23.4 Å². The highest BCUT2D eigenvalue weighted by molar-refractivity contribution is 5.98. The monoisotopic (exact) mass is 525 g/mol. The van der Waals surface area contributed by atoms with Crippen LogP contribution < -0.4 is 0 Å². The third kappa shape index (κ3) is 4.62. The lowest BCUT2D eigenvalue weighted by Gasteiger charge is -2.31. The van der Waals surface area contributed by atoms with Gasteiger partial charge in [-0.25, -0.2) is 4.79 Å². The summed E-state index contributed by atoms with van der Waals surface area (Å²) in [7, 11) is 0. The zero-order chi connectivity index (χ0) is 26.3. The van der Waals surface area contributed by atoms with E-state index in [-0.39, 0.29) is 0 Å². The van der Waals surface area contributed by atoms with Gasteiger partial charge in [0.15, 0.2) is 0 Å². The highest BCUT2D eigenvalue weighted by Crippen LogP contribution is 2.51. The normalized spacial score (nSPS) is 24.3. The van der Waals surface area contributed by atoms with Crippen molar-refractivity contribution in [3.05, 3.63) is 59.2 Å². The zero-order valence-corrected chi connectivity index (χ0v) is 23.3. The van der Waals surface area contributed by atoms with Gasteiger partial charge in [-0.1, -0.05) is 56.0 Å². The number of fused-ring (bicyclic) bond motifs is 7. The number of hydrogen-bond donors (Lipinski definition) is 1. The fraction of sp³-hybridized carbons (Fsp3) is 0.559. The van der Waals surface area contributed by atoms with E-state index in [2.05, 4.69) is 44.7 Å². The highest BCUT2D eigenvalue weighted by atomic mass is 16.4. The van der Waals surface area contributed by atoms with Crippen LogP contribution >= 0.6 is 0 Å². The average molecular weight is 526 g/mol. The van der Waals surface area contributed by atoms with Crippen LogP contribution in [0.5, 0.6) is 0 Å². The van der Waals surface area contributed by atoms with Gasteiger partial charge in [-0.3, -0.25) is 4.90 Å². The Morgan fingerprint density at radius 1 is 0.872 bits per heavy atom. The second-order valence-electron chi connectivity index (χ2n) is 12.6. The summed E-state index contributed by atoms with van der Waals surface area (Å²) in [6, 6.07) is 15.6. The first-order valence-electron chi connectivity index (χ1n) is 15.6. The zero-order valence-electron chi connectivity index (χ0n) is 23.3. The van der Waals surface area contributed by atoms with Crippen molar-refractivity contribution >= 4 is 16.9 Å². The van der Waals surface area contributed by atoms with Gasteiger partial charge in [0.1, 0.15) is 0 Å². The quantitative estimate of drug-likeness (QED) is 0.367. The average Bonchev–Trinajstić information content (AvgIpc) is 3.48. The van der Waals surface area contributed by atoms with Crippen LogP contribution in [0.15, 0.2) is 42.5 Å². The molecule has 206 valence electrons. The lowest BCUT2D eigenvalue weighted by Crippen LogP contribution is -2.34. The van der Waals surface area contributed by atoms with Gasteiger partial charge < -0.3 is 14.6 Å². The van der Waals surface area contributed by atoms with Gasteiger partial charge >= 0.3 is 5.97 Å². The van der Waals surface area contributed by atoms with Gasteiger partial charge in [-0.2, -0.15) is 0 Å². The Kier molecular flexibility index (Phi) is 6.98. The first kappa shape index (κ1) is 25.3. The molecule has 39 heavy (non-hydrogen) atoms. The Morgan fingerprint density at radius 3 is 2.49 bits per heavy atom. The molecule has 5 nitrogen and oxygen atoms in total. The van der Waals surface area contributed by atoms with Gasteiger partial charge in [0.2, 0.25) is 0 Å². The molecule has 4 heterocycles. The maximum Gasteiger partial charge on any atom is 0.335 e. The van der Waals surface area contributed by atoms with Gasteiger partial charge in [0.25, 0.3) is 0 Å². The van der Waals surface area contributed by atoms with Crippen LogP contribution in [-0.4, -0.2) is 58.2 Å². The summed E-state index contributed by atoms with van der Waals surface area (Å²) >= 11 is 0. The molecule has 0 unspecified atom stereocenters. The van der Waals surface area contributed by atoms with Crippen molar-refractivity contribution in [2.24, 2.45) is 5.92 Å². The molecule has 0 radical (unpaired) electrons. The van der Waals surface area contributed by atoms with Crippen molar-refractivity contribution in [3.63, 3.8) is 0 Å². The predicted octanol–water partition coefficient (Wildman–Crippen LogP) is 7.31. The van der Waals surface area contributed by atoms with Crippen molar-refractivity contribution in [3.8, 4) is 11.3 Å². The number of nitrogens with zero attached hydrogens (tertiary/aromatic N) is 3. The fourth-order valence-corrected chi connectivity index (χ4v) is 8.50. The standard InChI is InChI=1S/C34H43N3O2/c38-34(39)25-14-15-29-30(22-25)37-23-26-16-21-36(20-9-19-35-17-7-2-8-18-35)32(26)27-12-5-6-13-28(27)33(37)31(29)24-10-3-1-4-11-24/h5-6,12-15,22,24,26,32H,1-4,7-11,16-21,23H2,(H,38,39)/t26-,32-/m0/s1. The molecule has 1 saturated carbocycles. The molecule has 3 fully saturated rings. The molecule has 1 aliphatic carbocycles. The minimum atomic E-state index is -0.834. The number of aromatic nitrogens is 1. The highest BCUT2D eigenvalue weighted by Gasteiger charge is 2.41. The van der Waals surface area contributed by atoms with Crippen LogP contribution in [0.1, 0.15) is 97.7 Å². The van der Waals surface area contributed by atoms with Crippen LogP contribution in [0, 0.1) is 5.92 Å². The Balaban J connectivity index is 1.30. The number of carboxylic acid groups (broad SMARTS) is 1. The molecule has 2 saturated heterocycles. The van der Waals surface area contributed by atoms with Gasteiger partial charge in [0.05, 0.1) is 11.3 Å². The van der Waals surface area contributed by atoms with E-state index >= 15 is 0 Å². The van der Waals surface area contributed by atoms with Crippen LogP contribution in [0.2, 0.25) is 0 Å². The smallest absolute Gasteiger partial charge is 0.335 e. The summed E-state index contributed by atoms with van der Waals surface area (Å²) in [4.78, 5) is 17.5. The van der Waals surface area contributed by atoms with E-state index < -0.39 is 5.97 Å². The van der Waals surface area contributed by atoms with Crippen molar-refractivity contribution in [2.45, 2.75) is 82.7 Å². The summed E-state index contributed by atoms with van der Waals surface area (Å²) in [5.41, 5.74) is 7.29. The summed E-state index contributed by atoms with van der Waals surface area (Å²) < 4.78 is 2.55. The van der Waals surface area contributed by atoms with Crippen molar-refractivity contribution < 1.29 is 9.90 Å². The first-order valence-corrected chi connectivity index (χ1v) is 15.6. The molecular weight excluding hydrogens is 482 g/mol. The van der Waals surface area contributed by atoms with Gasteiger partial charge in [-0.15, -0.1) is 0 Å². The van der Waals surface area contributed by atoms with Crippen LogP contribution in [-0.2, 0) is 6.54 Å². The molecule has 3 aliphatic heterocycles. The van der Waals surface area contributed by atoms with E-state index in [0.717, 1.165) is 18.6 Å². The van der Waals surface area contributed by atoms with E-state index in [1.54, 1.807) is 0 Å². The minimum Gasteiger partial charge on any atom is -0.478 e. The third-order valence-corrected chi connectivity index (χ3v) is 10.3.